The molecule has 0 aliphatic carbocycles. The van der Waals surface area contributed by atoms with Gasteiger partial charge in [0.25, 0.3) is 0 Å². The van der Waals surface area contributed by atoms with Crippen molar-refractivity contribution < 1.29 is 13.2 Å². The van der Waals surface area contributed by atoms with E-state index in [1.165, 1.54) is 4.31 Å². The Morgan fingerprint density at radius 2 is 1.86 bits per heavy atom. The second kappa shape index (κ2) is 4.99. The van der Waals surface area contributed by atoms with E-state index in [1.54, 1.807) is 19.1 Å². The summed E-state index contributed by atoms with van der Waals surface area (Å²) in [5, 5.41) is 0. The van der Waals surface area contributed by atoms with E-state index in [-0.39, 0.29) is 23.7 Å². The van der Waals surface area contributed by atoms with E-state index in [9.17, 15) is 13.2 Å². The lowest BCUT2D eigenvalue weighted by atomic mass is 9.89. The zero-order chi connectivity index (χ0) is 16.0. The zero-order valence-corrected chi connectivity index (χ0v) is 13.3. The molecule has 1 amide bonds. The molecule has 0 bridgehead atoms. The maximum absolute atomic E-state index is 12.7. The molecule has 1 aliphatic rings. The van der Waals surface area contributed by atoms with Crippen molar-refractivity contribution in [2.75, 3.05) is 18.8 Å². The lowest BCUT2D eigenvalue weighted by molar-refractivity contribution is -0.126. The van der Waals surface area contributed by atoms with Gasteiger partial charge in [-0.3, -0.25) is 4.79 Å². The summed E-state index contributed by atoms with van der Waals surface area (Å²) < 4.78 is 26.7. The van der Waals surface area contributed by atoms with Gasteiger partial charge < -0.3 is 11.5 Å². The number of amides is 1. The Morgan fingerprint density at radius 1 is 1.29 bits per heavy atom. The smallest absolute Gasteiger partial charge is 0.245 e. The first-order valence-electron chi connectivity index (χ1n) is 6.75. The molecule has 0 saturated carbocycles. The average molecular weight is 311 g/mol. The third-order valence-corrected chi connectivity index (χ3v) is 6.18. The van der Waals surface area contributed by atoms with Crippen LogP contribution in [0.5, 0.6) is 0 Å². The Hall–Kier alpha value is -1.60. The molecule has 116 valence electrons. The Balaban J connectivity index is 2.41. The molecule has 1 aromatic carbocycles. The molecule has 1 saturated heterocycles. The number of carbonyl (C=O) groups excluding carboxylic acids is 1. The van der Waals surface area contributed by atoms with Crippen LogP contribution in [0.3, 0.4) is 0 Å². The predicted molar refractivity (Wildman–Crippen MR) is 81.0 cm³/mol. The van der Waals surface area contributed by atoms with Crippen LogP contribution in [0.15, 0.2) is 17.0 Å². The summed E-state index contributed by atoms with van der Waals surface area (Å²) in [6.07, 6.45) is 0.423. The number of anilines is 1. The average Bonchev–Trinajstić information content (AvgIpc) is 2.78. The second-order valence-electron chi connectivity index (χ2n) is 5.99. The van der Waals surface area contributed by atoms with Crippen molar-refractivity contribution in [2.45, 2.75) is 32.1 Å². The van der Waals surface area contributed by atoms with E-state index in [1.807, 2.05) is 13.8 Å². The maximum atomic E-state index is 12.7. The van der Waals surface area contributed by atoms with Crippen LogP contribution < -0.4 is 11.5 Å². The van der Waals surface area contributed by atoms with Gasteiger partial charge in [0.05, 0.1) is 11.1 Å². The largest absolute Gasteiger partial charge is 0.398 e. The van der Waals surface area contributed by atoms with Gasteiger partial charge in [0, 0.05) is 13.1 Å². The molecule has 0 spiro atoms. The standard InChI is InChI=1S/C14H21N3O3S/c1-9-6-11(15)12(7-10(9)2)21(19,20)17-5-4-14(3,8-17)13(16)18/h6-7H,4-5,8,15H2,1-3H3,(H2,16,18). The van der Waals surface area contributed by atoms with Crippen molar-refractivity contribution in [3.8, 4) is 0 Å². The molecule has 1 heterocycles. The van der Waals surface area contributed by atoms with Gasteiger partial charge in [-0.2, -0.15) is 4.31 Å². The molecule has 0 aromatic heterocycles. The SMILES string of the molecule is Cc1cc(N)c(S(=O)(=O)N2CCC(C)(C(N)=O)C2)cc1C. The third kappa shape index (κ3) is 2.63. The molecule has 7 heteroatoms. The third-order valence-electron chi connectivity index (χ3n) is 4.28. The molecule has 1 aliphatic heterocycles. The van der Waals surface area contributed by atoms with Crippen LogP contribution in [0.2, 0.25) is 0 Å². The highest BCUT2D eigenvalue weighted by Gasteiger charge is 2.44. The molecule has 0 radical (unpaired) electrons. The number of benzene rings is 1. The van der Waals surface area contributed by atoms with E-state index >= 15 is 0 Å². The van der Waals surface area contributed by atoms with Gasteiger partial charge in [0.15, 0.2) is 0 Å². The van der Waals surface area contributed by atoms with Crippen LogP contribution in [0.25, 0.3) is 0 Å². The Bertz CT molecular complexity index is 700. The number of aryl methyl sites for hydroxylation is 2. The normalized spacial score (nSPS) is 23.4. The summed E-state index contributed by atoms with van der Waals surface area (Å²) in [5.41, 5.74) is 12.4. The maximum Gasteiger partial charge on any atom is 0.245 e. The van der Waals surface area contributed by atoms with Crippen molar-refractivity contribution in [3.05, 3.63) is 23.3 Å². The van der Waals surface area contributed by atoms with E-state index < -0.39 is 21.3 Å². The lowest BCUT2D eigenvalue weighted by Gasteiger charge is -2.22. The van der Waals surface area contributed by atoms with Crippen LogP contribution in [0, 0.1) is 19.3 Å². The van der Waals surface area contributed by atoms with E-state index in [0.29, 0.717) is 6.42 Å². The molecule has 1 atom stereocenters. The fraction of sp³-hybridized carbons (Fsp3) is 0.500. The van der Waals surface area contributed by atoms with E-state index in [4.69, 9.17) is 11.5 Å². The highest BCUT2D eigenvalue weighted by molar-refractivity contribution is 7.89. The van der Waals surface area contributed by atoms with Crippen molar-refractivity contribution >= 4 is 21.6 Å². The topological polar surface area (TPSA) is 106 Å². The molecular weight excluding hydrogens is 290 g/mol. The number of nitrogens with two attached hydrogens (primary N) is 2. The van der Waals surface area contributed by atoms with Gasteiger partial charge in [-0.15, -0.1) is 0 Å². The summed E-state index contributed by atoms with van der Waals surface area (Å²) in [6, 6.07) is 3.24. The van der Waals surface area contributed by atoms with Crippen LogP contribution in [-0.4, -0.2) is 31.7 Å². The van der Waals surface area contributed by atoms with Gasteiger partial charge in [-0.1, -0.05) is 0 Å². The summed E-state index contributed by atoms with van der Waals surface area (Å²) in [4.78, 5) is 11.6. The minimum atomic E-state index is -3.71. The molecule has 4 N–H and O–H groups in total. The Kier molecular flexibility index (Phi) is 3.75. The highest BCUT2D eigenvalue weighted by atomic mass is 32.2. The fourth-order valence-electron chi connectivity index (χ4n) is 2.50. The molecule has 1 aromatic rings. The minimum absolute atomic E-state index is 0.0943. The van der Waals surface area contributed by atoms with Crippen molar-refractivity contribution in [1.82, 2.24) is 4.31 Å². The van der Waals surface area contributed by atoms with Crippen LogP contribution >= 0.6 is 0 Å². The second-order valence-corrected chi connectivity index (χ2v) is 7.89. The first-order valence-corrected chi connectivity index (χ1v) is 8.19. The number of nitrogen functional groups attached to an aromatic ring is 1. The minimum Gasteiger partial charge on any atom is -0.398 e. The number of carbonyl (C=O) groups is 1. The number of hydrogen-bond donors (Lipinski definition) is 2. The van der Waals surface area contributed by atoms with Gasteiger partial charge in [-0.25, -0.2) is 8.42 Å². The van der Waals surface area contributed by atoms with Gasteiger partial charge >= 0.3 is 0 Å². The Labute approximate surface area is 125 Å². The van der Waals surface area contributed by atoms with E-state index in [0.717, 1.165) is 11.1 Å². The summed E-state index contributed by atoms with van der Waals surface area (Å²) in [7, 11) is -3.71. The first-order chi connectivity index (χ1) is 9.58. The molecule has 6 nitrogen and oxygen atoms in total. The highest BCUT2D eigenvalue weighted by Crippen LogP contribution is 2.35. The molecule has 1 fully saturated rings. The lowest BCUT2D eigenvalue weighted by Crippen LogP contribution is -2.38. The van der Waals surface area contributed by atoms with Crippen molar-refractivity contribution in [3.63, 3.8) is 0 Å². The van der Waals surface area contributed by atoms with E-state index in [2.05, 4.69) is 0 Å². The zero-order valence-electron chi connectivity index (χ0n) is 12.5. The molecule has 1 unspecified atom stereocenters. The predicted octanol–water partition coefficient (Wildman–Crippen LogP) is 0.772. The van der Waals surface area contributed by atoms with Gasteiger partial charge in [0.2, 0.25) is 15.9 Å². The van der Waals surface area contributed by atoms with Gasteiger partial charge in [0.1, 0.15) is 4.90 Å². The molecule has 2 rings (SSSR count). The molecule has 21 heavy (non-hydrogen) atoms. The summed E-state index contributed by atoms with van der Waals surface area (Å²) >= 11 is 0. The number of primary amides is 1. The number of sulfonamides is 1. The summed E-state index contributed by atoms with van der Waals surface area (Å²) in [5.74, 6) is -0.478. The van der Waals surface area contributed by atoms with Crippen LogP contribution in [-0.2, 0) is 14.8 Å². The quantitative estimate of drug-likeness (QED) is 0.804. The number of rotatable bonds is 3. The van der Waals surface area contributed by atoms with Gasteiger partial charge in [-0.05, 0) is 50.5 Å². The fourth-order valence-corrected chi connectivity index (χ4v) is 4.25. The van der Waals surface area contributed by atoms with Crippen LogP contribution in [0.4, 0.5) is 5.69 Å². The van der Waals surface area contributed by atoms with Crippen molar-refractivity contribution in [2.24, 2.45) is 11.1 Å². The first kappa shape index (κ1) is 15.8. The molecular formula is C14H21N3O3S. The Morgan fingerprint density at radius 3 is 2.38 bits per heavy atom. The number of nitrogens with zero attached hydrogens (tertiary/aromatic N) is 1. The van der Waals surface area contributed by atoms with Crippen LogP contribution in [0.1, 0.15) is 24.5 Å². The number of hydrogen-bond acceptors (Lipinski definition) is 4. The monoisotopic (exact) mass is 311 g/mol. The summed E-state index contributed by atoms with van der Waals surface area (Å²) in [6.45, 7) is 5.77. The van der Waals surface area contributed by atoms with Crippen molar-refractivity contribution in [1.29, 1.82) is 0 Å².